The second-order valence-electron chi connectivity index (χ2n) is 6.37. The highest BCUT2D eigenvalue weighted by molar-refractivity contribution is 6.34. The molecule has 2 rings (SSSR count). The lowest BCUT2D eigenvalue weighted by Crippen LogP contribution is -2.18. The monoisotopic (exact) mass is 295 g/mol. The van der Waals surface area contributed by atoms with Crippen molar-refractivity contribution in [2.24, 2.45) is 16.7 Å². The minimum absolute atomic E-state index is 0.0754. The van der Waals surface area contributed by atoms with Crippen LogP contribution in [0.1, 0.15) is 38.1 Å². The number of nitrogens with one attached hydrogen (secondary N) is 1. The summed E-state index contributed by atoms with van der Waals surface area (Å²) >= 11 is 6.00. The number of carbonyl (C=O) groups is 2. The van der Waals surface area contributed by atoms with Gasteiger partial charge in [-0.2, -0.15) is 0 Å². The summed E-state index contributed by atoms with van der Waals surface area (Å²) in [7, 11) is 0. The molecule has 2 N–H and O–H groups in total. The van der Waals surface area contributed by atoms with E-state index in [2.05, 4.69) is 5.32 Å². The van der Waals surface area contributed by atoms with E-state index in [1.165, 1.54) is 18.2 Å². The van der Waals surface area contributed by atoms with Crippen LogP contribution in [0.2, 0.25) is 5.02 Å². The number of hydrogen-bond acceptors (Lipinski definition) is 2. The Morgan fingerprint density at radius 1 is 1.20 bits per heavy atom. The first-order chi connectivity index (χ1) is 9.09. The van der Waals surface area contributed by atoms with Crippen molar-refractivity contribution in [3.63, 3.8) is 0 Å². The van der Waals surface area contributed by atoms with Gasteiger partial charge in [-0.15, -0.1) is 0 Å². The van der Waals surface area contributed by atoms with Crippen molar-refractivity contribution in [2.45, 2.75) is 27.7 Å². The molecule has 1 fully saturated rings. The molecule has 1 aliphatic carbocycles. The van der Waals surface area contributed by atoms with Gasteiger partial charge in [0.1, 0.15) is 0 Å². The maximum Gasteiger partial charge on any atom is 0.335 e. The smallest absolute Gasteiger partial charge is 0.335 e. The Morgan fingerprint density at radius 2 is 1.75 bits per heavy atom. The van der Waals surface area contributed by atoms with Crippen LogP contribution in [0.5, 0.6) is 0 Å². The highest BCUT2D eigenvalue weighted by atomic mass is 35.5. The molecule has 0 aliphatic heterocycles. The number of benzene rings is 1. The van der Waals surface area contributed by atoms with Crippen LogP contribution in [-0.2, 0) is 4.79 Å². The third-order valence-electron chi connectivity index (χ3n) is 4.75. The Kier molecular flexibility index (Phi) is 3.33. The molecule has 1 aromatic carbocycles. The van der Waals surface area contributed by atoms with Crippen LogP contribution in [0.3, 0.4) is 0 Å². The molecule has 0 saturated heterocycles. The van der Waals surface area contributed by atoms with E-state index in [-0.39, 0.29) is 28.2 Å². The SMILES string of the molecule is CC1(C)C(C(=O)Nc2cc(C(=O)O)ccc2Cl)C1(C)C. The third-order valence-corrected chi connectivity index (χ3v) is 5.08. The molecule has 0 unspecified atom stereocenters. The molecule has 1 amide bonds. The van der Waals surface area contributed by atoms with Crippen molar-refractivity contribution in [2.75, 3.05) is 5.32 Å². The van der Waals surface area contributed by atoms with Gasteiger partial charge in [0.25, 0.3) is 0 Å². The molecule has 0 bridgehead atoms. The summed E-state index contributed by atoms with van der Waals surface area (Å²) < 4.78 is 0. The van der Waals surface area contributed by atoms with Gasteiger partial charge in [0.05, 0.1) is 16.3 Å². The van der Waals surface area contributed by atoms with Crippen LogP contribution in [0.4, 0.5) is 5.69 Å². The highest BCUT2D eigenvalue weighted by Gasteiger charge is 2.68. The Balaban J connectivity index is 2.21. The van der Waals surface area contributed by atoms with Crippen LogP contribution >= 0.6 is 11.6 Å². The summed E-state index contributed by atoms with van der Waals surface area (Å²) in [5, 5.41) is 12.0. The predicted molar refractivity (Wildman–Crippen MR) is 78.1 cm³/mol. The fourth-order valence-electron chi connectivity index (χ4n) is 2.81. The predicted octanol–water partition coefficient (Wildman–Crippen LogP) is 3.66. The van der Waals surface area contributed by atoms with Gasteiger partial charge in [-0.3, -0.25) is 4.79 Å². The largest absolute Gasteiger partial charge is 0.478 e. The van der Waals surface area contributed by atoms with Gasteiger partial charge >= 0.3 is 5.97 Å². The summed E-state index contributed by atoms with van der Waals surface area (Å²) in [4.78, 5) is 23.3. The van der Waals surface area contributed by atoms with Gasteiger partial charge in [-0.25, -0.2) is 4.79 Å². The number of aromatic carboxylic acids is 1. The van der Waals surface area contributed by atoms with E-state index >= 15 is 0 Å². The Labute approximate surface area is 123 Å². The molecule has 5 heteroatoms. The van der Waals surface area contributed by atoms with E-state index in [1.807, 2.05) is 27.7 Å². The second-order valence-corrected chi connectivity index (χ2v) is 6.77. The first kappa shape index (κ1) is 14.9. The number of rotatable bonds is 3. The standard InChI is InChI=1S/C15H18ClNO3/c1-14(2)11(15(14,3)4)12(18)17-10-7-8(13(19)20)5-6-9(10)16/h5-7,11H,1-4H3,(H,17,18)(H,19,20). The molecule has 1 aliphatic rings. The number of carboxylic acids is 1. The fraction of sp³-hybridized carbons (Fsp3) is 0.467. The molecular formula is C15H18ClNO3. The quantitative estimate of drug-likeness (QED) is 0.894. The Hall–Kier alpha value is -1.55. The lowest BCUT2D eigenvalue weighted by Gasteiger charge is -2.09. The molecule has 0 radical (unpaired) electrons. The van der Waals surface area contributed by atoms with Crippen LogP contribution in [0.15, 0.2) is 18.2 Å². The molecule has 0 spiro atoms. The number of carbonyl (C=O) groups excluding carboxylic acids is 1. The zero-order chi connectivity index (χ0) is 15.3. The average molecular weight is 296 g/mol. The number of halogens is 1. The Bertz CT molecular complexity index is 579. The van der Waals surface area contributed by atoms with Gasteiger partial charge in [-0.05, 0) is 29.0 Å². The van der Waals surface area contributed by atoms with Crippen molar-refractivity contribution >= 4 is 29.2 Å². The summed E-state index contributed by atoms with van der Waals surface area (Å²) in [6.45, 7) is 8.19. The number of anilines is 1. The zero-order valence-electron chi connectivity index (χ0n) is 12.0. The Morgan fingerprint density at radius 3 is 2.20 bits per heavy atom. The summed E-state index contributed by atoms with van der Waals surface area (Å²) in [5.74, 6) is -1.28. The molecule has 0 aromatic heterocycles. The van der Waals surface area contributed by atoms with Crippen molar-refractivity contribution in [1.82, 2.24) is 0 Å². The van der Waals surface area contributed by atoms with Gasteiger partial charge < -0.3 is 10.4 Å². The summed E-state index contributed by atoms with van der Waals surface area (Å²) in [6, 6.07) is 4.26. The minimum atomic E-state index is -1.05. The van der Waals surface area contributed by atoms with Crippen LogP contribution in [0.25, 0.3) is 0 Å². The third kappa shape index (κ3) is 2.18. The number of hydrogen-bond donors (Lipinski definition) is 2. The minimum Gasteiger partial charge on any atom is -0.478 e. The van der Waals surface area contributed by atoms with Gasteiger partial charge in [0.2, 0.25) is 5.91 Å². The van der Waals surface area contributed by atoms with Gasteiger partial charge in [-0.1, -0.05) is 39.3 Å². The van der Waals surface area contributed by atoms with Crippen LogP contribution in [-0.4, -0.2) is 17.0 Å². The first-order valence-corrected chi connectivity index (χ1v) is 6.80. The van der Waals surface area contributed by atoms with Crippen molar-refractivity contribution in [3.8, 4) is 0 Å². The topological polar surface area (TPSA) is 66.4 Å². The normalized spacial score (nSPS) is 19.4. The van der Waals surface area contributed by atoms with E-state index in [1.54, 1.807) is 0 Å². The molecule has 0 atom stereocenters. The summed E-state index contributed by atoms with van der Waals surface area (Å²) in [5.41, 5.74) is 0.288. The van der Waals surface area contributed by atoms with Crippen LogP contribution < -0.4 is 5.32 Å². The van der Waals surface area contributed by atoms with Crippen molar-refractivity contribution < 1.29 is 14.7 Å². The second kappa shape index (κ2) is 4.48. The molecule has 4 nitrogen and oxygen atoms in total. The maximum absolute atomic E-state index is 12.3. The van der Waals surface area contributed by atoms with Crippen molar-refractivity contribution in [1.29, 1.82) is 0 Å². The number of amides is 1. The number of carboxylic acid groups (broad SMARTS) is 1. The van der Waals surface area contributed by atoms with Gasteiger partial charge in [0.15, 0.2) is 0 Å². The van der Waals surface area contributed by atoms with E-state index in [9.17, 15) is 9.59 Å². The molecule has 0 heterocycles. The lowest BCUT2D eigenvalue weighted by atomic mass is 10.0. The van der Waals surface area contributed by atoms with E-state index < -0.39 is 5.97 Å². The average Bonchev–Trinajstić information content (AvgIpc) is 2.72. The summed E-state index contributed by atoms with van der Waals surface area (Å²) in [6.07, 6.45) is 0. The fourth-order valence-corrected chi connectivity index (χ4v) is 2.98. The van der Waals surface area contributed by atoms with E-state index in [0.717, 1.165) is 0 Å². The maximum atomic E-state index is 12.3. The van der Waals surface area contributed by atoms with Gasteiger partial charge in [0, 0.05) is 5.92 Å². The molecule has 1 saturated carbocycles. The molecule has 20 heavy (non-hydrogen) atoms. The van der Waals surface area contributed by atoms with E-state index in [0.29, 0.717) is 10.7 Å². The van der Waals surface area contributed by atoms with Crippen LogP contribution in [0, 0.1) is 16.7 Å². The first-order valence-electron chi connectivity index (χ1n) is 6.42. The molecule has 108 valence electrons. The molecule has 1 aromatic rings. The molecular weight excluding hydrogens is 278 g/mol. The van der Waals surface area contributed by atoms with Crippen molar-refractivity contribution in [3.05, 3.63) is 28.8 Å². The lowest BCUT2D eigenvalue weighted by molar-refractivity contribution is -0.118. The van der Waals surface area contributed by atoms with E-state index in [4.69, 9.17) is 16.7 Å². The highest BCUT2D eigenvalue weighted by Crippen LogP contribution is 2.68. The zero-order valence-corrected chi connectivity index (χ0v) is 12.7.